The van der Waals surface area contributed by atoms with Crippen molar-refractivity contribution >= 4 is 11.9 Å². The molecule has 0 bridgehead atoms. The van der Waals surface area contributed by atoms with Crippen LogP contribution in [0.25, 0.3) is 0 Å². The molecule has 1 amide bonds. The summed E-state index contributed by atoms with van der Waals surface area (Å²) in [4.78, 5) is 26.2. The molecule has 0 spiro atoms. The molecule has 0 N–H and O–H groups in total. The molecule has 0 saturated carbocycles. The van der Waals surface area contributed by atoms with Crippen LogP contribution >= 0.6 is 0 Å². The summed E-state index contributed by atoms with van der Waals surface area (Å²) in [6.07, 6.45) is 2.14. The third kappa shape index (κ3) is 5.68. The average Bonchev–Trinajstić information content (AvgIpc) is 2.24. The third-order valence-corrected chi connectivity index (χ3v) is 3.89. The summed E-state index contributed by atoms with van der Waals surface area (Å²) in [5, 5.41) is 0. The summed E-state index contributed by atoms with van der Waals surface area (Å²) in [5.41, 5.74) is -0.827. The molecule has 0 aliphatic carbocycles. The van der Waals surface area contributed by atoms with Crippen molar-refractivity contribution < 1.29 is 14.3 Å². The second kappa shape index (κ2) is 5.98. The lowest BCUT2D eigenvalue weighted by Gasteiger charge is -2.41. The molecule has 0 aromatic carbocycles. The summed E-state index contributed by atoms with van der Waals surface area (Å²) in [7, 11) is 0. The van der Waals surface area contributed by atoms with Crippen molar-refractivity contribution in [3.63, 3.8) is 0 Å². The Morgan fingerprint density at radius 2 is 1.52 bits per heavy atom. The lowest BCUT2D eigenvalue weighted by molar-refractivity contribution is -0.158. The first-order chi connectivity index (χ1) is 9.32. The van der Waals surface area contributed by atoms with Gasteiger partial charge in [0.2, 0.25) is 5.91 Å². The highest BCUT2D eigenvalue weighted by atomic mass is 16.6. The molecule has 1 fully saturated rings. The third-order valence-electron chi connectivity index (χ3n) is 3.89. The maximum atomic E-state index is 12.3. The van der Waals surface area contributed by atoms with E-state index in [1.165, 1.54) is 0 Å². The highest BCUT2D eigenvalue weighted by Crippen LogP contribution is 2.36. The Kier molecular flexibility index (Phi) is 5.12. The van der Waals surface area contributed by atoms with E-state index in [1.54, 1.807) is 0 Å². The standard InChI is InChI=1S/C17H31NO3/c1-15(2,3)14(20)18-10-8-17(7,9-11-18)12-13(19)21-16(4,5)6/h8-12H2,1-7H3. The van der Waals surface area contributed by atoms with E-state index in [2.05, 4.69) is 6.92 Å². The summed E-state index contributed by atoms with van der Waals surface area (Å²) < 4.78 is 5.41. The van der Waals surface area contributed by atoms with E-state index in [1.807, 2.05) is 46.4 Å². The van der Waals surface area contributed by atoms with E-state index >= 15 is 0 Å². The first kappa shape index (κ1) is 18.0. The van der Waals surface area contributed by atoms with Gasteiger partial charge in [0.05, 0.1) is 6.42 Å². The van der Waals surface area contributed by atoms with E-state index < -0.39 is 5.60 Å². The number of hydrogen-bond donors (Lipinski definition) is 0. The number of amides is 1. The van der Waals surface area contributed by atoms with Crippen molar-refractivity contribution in [3.05, 3.63) is 0 Å². The van der Waals surface area contributed by atoms with Gasteiger partial charge in [-0.3, -0.25) is 9.59 Å². The zero-order valence-corrected chi connectivity index (χ0v) is 14.7. The van der Waals surface area contributed by atoms with Crippen molar-refractivity contribution in [1.29, 1.82) is 0 Å². The number of hydrogen-bond acceptors (Lipinski definition) is 3. The Morgan fingerprint density at radius 3 is 1.90 bits per heavy atom. The Bertz CT molecular complexity index is 393. The predicted octanol–water partition coefficient (Wildman–Crippen LogP) is 3.39. The number of likely N-dealkylation sites (tertiary alicyclic amines) is 1. The van der Waals surface area contributed by atoms with Crippen molar-refractivity contribution in [2.45, 2.75) is 73.3 Å². The number of carbonyl (C=O) groups excluding carboxylic acids is 2. The molecule has 4 nitrogen and oxygen atoms in total. The van der Waals surface area contributed by atoms with Crippen LogP contribution in [0.1, 0.15) is 67.7 Å². The van der Waals surface area contributed by atoms with Gasteiger partial charge >= 0.3 is 5.97 Å². The molecular weight excluding hydrogens is 266 g/mol. The van der Waals surface area contributed by atoms with Gasteiger partial charge in [0.25, 0.3) is 0 Å². The fourth-order valence-electron chi connectivity index (χ4n) is 2.63. The van der Waals surface area contributed by atoms with Crippen molar-refractivity contribution in [2.24, 2.45) is 10.8 Å². The highest BCUT2D eigenvalue weighted by Gasteiger charge is 2.37. The zero-order chi connectivity index (χ0) is 16.5. The number of carbonyl (C=O) groups is 2. The SMILES string of the molecule is CC1(CC(=O)OC(C)(C)C)CCN(C(=O)C(C)(C)C)CC1. The second-order valence-electron chi connectivity index (χ2n) is 8.62. The summed E-state index contributed by atoms with van der Waals surface area (Å²) in [6, 6.07) is 0. The first-order valence-electron chi connectivity index (χ1n) is 7.84. The van der Waals surface area contributed by atoms with Crippen molar-refractivity contribution in [2.75, 3.05) is 13.1 Å². The minimum atomic E-state index is -0.434. The van der Waals surface area contributed by atoms with Crippen LogP contribution < -0.4 is 0 Å². The lowest BCUT2D eigenvalue weighted by atomic mass is 9.77. The van der Waals surface area contributed by atoms with Crippen LogP contribution in [0, 0.1) is 10.8 Å². The molecule has 0 unspecified atom stereocenters. The quantitative estimate of drug-likeness (QED) is 0.734. The second-order valence-corrected chi connectivity index (χ2v) is 8.62. The molecule has 1 aliphatic heterocycles. The van der Waals surface area contributed by atoms with Crippen LogP contribution in [0.5, 0.6) is 0 Å². The Balaban J connectivity index is 2.55. The Labute approximate surface area is 129 Å². The molecule has 1 saturated heterocycles. The number of esters is 1. The van der Waals surface area contributed by atoms with E-state index in [0.717, 1.165) is 25.9 Å². The molecule has 21 heavy (non-hydrogen) atoms. The molecule has 0 aromatic rings. The van der Waals surface area contributed by atoms with E-state index in [9.17, 15) is 9.59 Å². The van der Waals surface area contributed by atoms with Crippen LogP contribution in [-0.4, -0.2) is 35.5 Å². The van der Waals surface area contributed by atoms with Crippen LogP contribution in [0.15, 0.2) is 0 Å². The molecule has 1 aliphatic rings. The fourth-order valence-corrected chi connectivity index (χ4v) is 2.63. The molecule has 4 heteroatoms. The molecule has 122 valence electrons. The van der Waals surface area contributed by atoms with Gasteiger partial charge in [-0.1, -0.05) is 27.7 Å². The van der Waals surface area contributed by atoms with Crippen molar-refractivity contribution in [3.8, 4) is 0 Å². The summed E-state index contributed by atoms with van der Waals surface area (Å²) in [6.45, 7) is 15.1. The van der Waals surface area contributed by atoms with Crippen LogP contribution in [-0.2, 0) is 14.3 Å². The number of piperidine rings is 1. The minimum Gasteiger partial charge on any atom is -0.460 e. The van der Waals surface area contributed by atoms with Crippen molar-refractivity contribution in [1.82, 2.24) is 4.90 Å². The highest BCUT2D eigenvalue weighted by molar-refractivity contribution is 5.81. The predicted molar refractivity (Wildman–Crippen MR) is 83.8 cm³/mol. The molecule has 1 heterocycles. The van der Waals surface area contributed by atoms with Gasteiger partial charge in [-0.2, -0.15) is 0 Å². The van der Waals surface area contributed by atoms with Crippen LogP contribution in [0.4, 0.5) is 0 Å². The fraction of sp³-hybridized carbons (Fsp3) is 0.882. The van der Waals surface area contributed by atoms with Gasteiger partial charge in [-0.15, -0.1) is 0 Å². The molecular formula is C17H31NO3. The maximum absolute atomic E-state index is 12.3. The largest absolute Gasteiger partial charge is 0.460 e. The minimum absolute atomic E-state index is 0.0585. The Hall–Kier alpha value is -1.06. The molecule has 0 aromatic heterocycles. The van der Waals surface area contributed by atoms with Gasteiger partial charge in [0.1, 0.15) is 5.60 Å². The summed E-state index contributed by atoms with van der Waals surface area (Å²) >= 11 is 0. The molecule has 1 rings (SSSR count). The van der Waals surface area contributed by atoms with Gasteiger partial charge < -0.3 is 9.64 Å². The number of rotatable bonds is 2. The number of nitrogens with zero attached hydrogens (tertiary/aromatic N) is 1. The van der Waals surface area contributed by atoms with E-state index in [4.69, 9.17) is 4.74 Å². The normalized spacial score (nSPS) is 19.3. The van der Waals surface area contributed by atoms with Gasteiger partial charge in [-0.25, -0.2) is 0 Å². The van der Waals surface area contributed by atoms with Gasteiger partial charge in [-0.05, 0) is 39.0 Å². The van der Waals surface area contributed by atoms with Crippen LogP contribution in [0.3, 0.4) is 0 Å². The monoisotopic (exact) mass is 297 g/mol. The van der Waals surface area contributed by atoms with Crippen LogP contribution in [0.2, 0.25) is 0 Å². The first-order valence-corrected chi connectivity index (χ1v) is 7.84. The maximum Gasteiger partial charge on any atom is 0.306 e. The average molecular weight is 297 g/mol. The topological polar surface area (TPSA) is 46.6 Å². The molecule has 0 atom stereocenters. The Morgan fingerprint density at radius 1 is 1.05 bits per heavy atom. The zero-order valence-electron chi connectivity index (χ0n) is 14.7. The number of ether oxygens (including phenoxy) is 1. The van der Waals surface area contributed by atoms with Gasteiger partial charge in [0, 0.05) is 18.5 Å². The smallest absolute Gasteiger partial charge is 0.306 e. The van der Waals surface area contributed by atoms with Gasteiger partial charge in [0.15, 0.2) is 0 Å². The van der Waals surface area contributed by atoms with E-state index in [0.29, 0.717) is 6.42 Å². The summed E-state index contributed by atoms with van der Waals surface area (Å²) in [5.74, 6) is 0.0578. The molecule has 0 radical (unpaired) electrons. The van der Waals surface area contributed by atoms with E-state index in [-0.39, 0.29) is 22.7 Å². The lowest BCUT2D eigenvalue weighted by Crippen LogP contribution is -2.47.